The van der Waals surface area contributed by atoms with E-state index < -0.39 is 18.0 Å². The second-order valence-electron chi connectivity index (χ2n) is 8.17. The van der Waals surface area contributed by atoms with Gasteiger partial charge in [0.1, 0.15) is 5.82 Å². The van der Waals surface area contributed by atoms with Gasteiger partial charge in [0.25, 0.3) is 5.91 Å². The summed E-state index contributed by atoms with van der Waals surface area (Å²) in [6, 6.07) is 14.9. The van der Waals surface area contributed by atoms with Crippen LogP contribution >= 0.6 is 0 Å². The molecular weight excluding hydrogens is 440 g/mol. The smallest absolute Gasteiger partial charge is 0.475 e. The molecule has 2 aromatic carbocycles. The van der Waals surface area contributed by atoms with Crippen LogP contribution in [0.5, 0.6) is 0 Å². The quantitative estimate of drug-likeness (QED) is 0.656. The average molecular weight is 466 g/mol. The predicted molar refractivity (Wildman–Crippen MR) is 115 cm³/mol. The highest BCUT2D eigenvalue weighted by Gasteiger charge is 2.38. The predicted octanol–water partition coefficient (Wildman–Crippen LogP) is 4.83. The lowest BCUT2D eigenvalue weighted by Crippen LogP contribution is -2.42. The van der Waals surface area contributed by atoms with Gasteiger partial charge in [-0.05, 0) is 62.0 Å². The molecule has 0 radical (unpaired) electrons. The molecule has 1 N–H and O–H groups in total. The second kappa shape index (κ2) is 10.8. The molecule has 1 amide bonds. The van der Waals surface area contributed by atoms with E-state index in [-0.39, 0.29) is 17.5 Å². The van der Waals surface area contributed by atoms with E-state index in [1.54, 1.807) is 6.07 Å². The number of rotatable bonds is 4. The molecule has 2 aliphatic heterocycles. The maximum Gasteiger partial charge on any atom is 0.490 e. The molecule has 2 fully saturated rings. The molecule has 178 valence electrons. The average Bonchev–Trinajstić information content (AvgIpc) is 3.46. The molecule has 0 bridgehead atoms. The Kier molecular flexibility index (Phi) is 8.07. The molecule has 0 aromatic heterocycles. The lowest BCUT2D eigenvalue weighted by Gasteiger charge is -2.28. The van der Waals surface area contributed by atoms with Crippen LogP contribution in [0.25, 0.3) is 11.1 Å². The van der Waals surface area contributed by atoms with Crippen molar-refractivity contribution in [1.29, 1.82) is 0 Å². The molecule has 2 aliphatic rings. The fraction of sp³-hybridized carbons (Fsp3) is 0.417. The first-order valence-electron chi connectivity index (χ1n) is 10.8. The number of benzene rings is 2. The third-order valence-electron chi connectivity index (χ3n) is 5.85. The largest absolute Gasteiger partial charge is 0.490 e. The van der Waals surface area contributed by atoms with Crippen molar-refractivity contribution in [1.82, 2.24) is 9.80 Å². The minimum atomic E-state index is -5.08. The number of carbonyl (C=O) groups excluding carboxylic acids is 1. The summed E-state index contributed by atoms with van der Waals surface area (Å²) in [5, 5.41) is 7.12. The third-order valence-corrected chi connectivity index (χ3v) is 5.85. The van der Waals surface area contributed by atoms with Gasteiger partial charge in [0.15, 0.2) is 0 Å². The van der Waals surface area contributed by atoms with Gasteiger partial charge in [-0.2, -0.15) is 13.2 Å². The minimum absolute atomic E-state index is 0.163. The number of carboxylic acids is 1. The highest BCUT2D eigenvalue weighted by Crippen LogP contribution is 2.26. The van der Waals surface area contributed by atoms with Crippen molar-refractivity contribution in [2.75, 3.05) is 26.2 Å². The molecule has 2 aromatic rings. The number of hydrogen-bond acceptors (Lipinski definition) is 3. The molecule has 0 spiro atoms. The zero-order valence-electron chi connectivity index (χ0n) is 18.0. The third kappa shape index (κ3) is 6.54. The molecule has 2 saturated heterocycles. The minimum Gasteiger partial charge on any atom is -0.475 e. The molecule has 9 heteroatoms. The van der Waals surface area contributed by atoms with Crippen LogP contribution in [0.4, 0.5) is 17.6 Å². The Morgan fingerprint density at radius 1 is 0.939 bits per heavy atom. The summed E-state index contributed by atoms with van der Waals surface area (Å²) in [5.41, 5.74) is 1.95. The van der Waals surface area contributed by atoms with E-state index >= 15 is 0 Å². The molecule has 33 heavy (non-hydrogen) atoms. The molecular formula is C24H26F4N2O3. The zero-order chi connectivity index (χ0) is 24.0. The Bertz CT molecular complexity index is 960. The van der Waals surface area contributed by atoms with Crippen LogP contribution < -0.4 is 0 Å². The fourth-order valence-corrected chi connectivity index (χ4v) is 4.21. The van der Waals surface area contributed by atoms with Crippen LogP contribution in [-0.2, 0) is 4.79 Å². The number of hydrogen-bond donors (Lipinski definition) is 1. The zero-order valence-corrected chi connectivity index (χ0v) is 18.0. The van der Waals surface area contributed by atoms with Gasteiger partial charge < -0.3 is 14.9 Å². The molecule has 0 saturated carbocycles. The van der Waals surface area contributed by atoms with E-state index in [0.29, 0.717) is 0 Å². The van der Waals surface area contributed by atoms with Crippen molar-refractivity contribution < 1.29 is 32.3 Å². The highest BCUT2D eigenvalue weighted by molar-refractivity contribution is 5.95. The number of halogens is 4. The first kappa shape index (κ1) is 24.7. The summed E-state index contributed by atoms with van der Waals surface area (Å²) in [4.78, 5) is 26.2. The number of aliphatic carboxylic acids is 1. The van der Waals surface area contributed by atoms with Crippen molar-refractivity contribution in [3.63, 3.8) is 0 Å². The standard InChI is InChI=1S/C22H25FN2O.C2HF3O2/c23-21-15-18(17-7-2-1-3-8-17)10-11-20(21)22(26)25-14-6-9-19(25)16-24-12-4-5-13-24;3-2(4,5)1(6)7/h1-3,7-8,10-11,15,19H,4-6,9,12-14,16H2;(H,6,7)/t19-;/m0./s1. The lowest BCUT2D eigenvalue weighted by atomic mass is 10.0. The van der Waals surface area contributed by atoms with Crippen LogP contribution in [0.2, 0.25) is 0 Å². The van der Waals surface area contributed by atoms with Gasteiger partial charge in [0.2, 0.25) is 0 Å². The maximum atomic E-state index is 14.7. The Morgan fingerprint density at radius 3 is 2.15 bits per heavy atom. The topological polar surface area (TPSA) is 60.9 Å². The Labute approximate surface area is 189 Å². The molecule has 4 rings (SSSR count). The Morgan fingerprint density at radius 2 is 1.58 bits per heavy atom. The second-order valence-corrected chi connectivity index (χ2v) is 8.17. The van der Waals surface area contributed by atoms with E-state index in [1.165, 1.54) is 18.9 Å². The van der Waals surface area contributed by atoms with Crippen LogP contribution in [0.3, 0.4) is 0 Å². The summed E-state index contributed by atoms with van der Waals surface area (Å²) in [6.07, 6.45) is -0.563. The summed E-state index contributed by atoms with van der Waals surface area (Å²) < 4.78 is 46.4. The molecule has 5 nitrogen and oxygen atoms in total. The number of nitrogens with zero attached hydrogens (tertiary/aromatic N) is 2. The van der Waals surface area contributed by atoms with Gasteiger partial charge in [-0.25, -0.2) is 9.18 Å². The molecule has 2 heterocycles. The van der Waals surface area contributed by atoms with Crippen molar-refractivity contribution in [3.8, 4) is 11.1 Å². The fourth-order valence-electron chi connectivity index (χ4n) is 4.21. The summed E-state index contributed by atoms with van der Waals surface area (Å²) in [6.45, 7) is 3.91. The van der Waals surface area contributed by atoms with E-state index in [2.05, 4.69) is 4.90 Å². The van der Waals surface area contributed by atoms with Crippen LogP contribution in [0.1, 0.15) is 36.0 Å². The number of amides is 1. The first-order valence-corrected chi connectivity index (χ1v) is 10.8. The summed E-state index contributed by atoms with van der Waals surface area (Å²) >= 11 is 0. The van der Waals surface area contributed by atoms with Crippen LogP contribution in [-0.4, -0.2) is 65.2 Å². The first-order chi connectivity index (χ1) is 15.7. The van der Waals surface area contributed by atoms with Crippen molar-refractivity contribution >= 4 is 11.9 Å². The highest BCUT2D eigenvalue weighted by atomic mass is 19.4. The number of carboxylic acid groups (broad SMARTS) is 1. The van der Waals surface area contributed by atoms with Crippen molar-refractivity contribution in [2.45, 2.75) is 37.9 Å². The number of carbonyl (C=O) groups is 2. The molecule has 0 aliphatic carbocycles. The van der Waals surface area contributed by atoms with E-state index in [1.807, 2.05) is 41.3 Å². The van der Waals surface area contributed by atoms with Crippen molar-refractivity contribution in [3.05, 3.63) is 59.9 Å². The van der Waals surface area contributed by atoms with Gasteiger partial charge >= 0.3 is 12.1 Å². The van der Waals surface area contributed by atoms with Crippen LogP contribution in [0.15, 0.2) is 48.5 Å². The maximum absolute atomic E-state index is 14.7. The van der Waals surface area contributed by atoms with Gasteiger partial charge in [0.05, 0.1) is 5.56 Å². The van der Waals surface area contributed by atoms with Gasteiger partial charge in [-0.15, -0.1) is 0 Å². The Balaban J connectivity index is 0.000000383. The van der Waals surface area contributed by atoms with E-state index in [4.69, 9.17) is 9.90 Å². The summed E-state index contributed by atoms with van der Waals surface area (Å²) in [5.74, 6) is -3.35. The SMILES string of the molecule is O=C(O)C(F)(F)F.O=C(c1ccc(-c2ccccc2)cc1F)N1CCC[C@H]1CN1CCCC1. The number of alkyl halides is 3. The summed E-state index contributed by atoms with van der Waals surface area (Å²) in [7, 11) is 0. The Hall–Kier alpha value is -2.94. The van der Waals surface area contributed by atoms with Gasteiger partial charge in [-0.1, -0.05) is 36.4 Å². The monoisotopic (exact) mass is 466 g/mol. The number of likely N-dealkylation sites (tertiary alicyclic amines) is 2. The van der Waals surface area contributed by atoms with Crippen molar-refractivity contribution in [2.24, 2.45) is 0 Å². The van der Waals surface area contributed by atoms with Crippen LogP contribution in [0, 0.1) is 5.82 Å². The lowest BCUT2D eigenvalue weighted by molar-refractivity contribution is -0.192. The van der Waals surface area contributed by atoms with E-state index in [0.717, 1.165) is 50.1 Å². The normalized spacial score (nSPS) is 18.7. The van der Waals surface area contributed by atoms with Gasteiger partial charge in [0, 0.05) is 19.1 Å². The van der Waals surface area contributed by atoms with E-state index in [9.17, 15) is 22.4 Å². The molecule has 1 atom stereocenters. The molecule has 0 unspecified atom stereocenters. The van der Waals surface area contributed by atoms with Gasteiger partial charge in [-0.3, -0.25) is 4.79 Å².